The molecule has 1 saturated heterocycles. The molecular formula is C16H18N2O. The maximum Gasteiger partial charge on any atom is 0.223 e. The van der Waals surface area contributed by atoms with Gasteiger partial charge in [-0.2, -0.15) is 0 Å². The summed E-state index contributed by atoms with van der Waals surface area (Å²) in [4.78, 5) is 4.39. The van der Waals surface area contributed by atoms with Crippen molar-refractivity contribution in [3.63, 3.8) is 0 Å². The van der Waals surface area contributed by atoms with Gasteiger partial charge in [-0.1, -0.05) is 30.7 Å². The Balaban J connectivity index is 1.84. The quantitative estimate of drug-likeness (QED) is 0.907. The van der Waals surface area contributed by atoms with Crippen LogP contribution in [0.3, 0.4) is 0 Å². The molecule has 0 spiro atoms. The fraction of sp³-hybridized carbons (Fsp3) is 0.312. The molecule has 0 radical (unpaired) electrons. The highest BCUT2D eigenvalue weighted by Gasteiger charge is 2.19. The van der Waals surface area contributed by atoms with E-state index in [1.54, 1.807) is 6.20 Å². The predicted molar refractivity (Wildman–Crippen MR) is 75.3 cm³/mol. The SMILES string of the molecule is c1ccc(Oc2ncccc2[C@@H]2CCCCN2)cc1. The van der Waals surface area contributed by atoms with Gasteiger partial charge in [0.15, 0.2) is 0 Å². The summed E-state index contributed by atoms with van der Waals surface area (Å²) in [5, 5.41) is 3.54. The van der Waals surface area contributed by atoms with E-state index in [9.17, 15) is 0 Å². The smallest absolute Gasteiger partial charge is 0.223 e. The van der Waals surface area contributed by atoms with Gasteiger partial charge in [0, 0.05) is 17.8 Å². The number of nitrogens with zero attached hydrogens (tertiary/aromatic N) is 1. The summed E-state index contributed by atoms with van der Waals surface area (Å²) in [7, 11) is 0. The highest BCUT2D eigenvalue weighted by atomic mass is 16.5. The van der Waals surface area contributed by atoms with Crippen molar-refractivity contribution in [1.82, 2.24) is 10.3 Å². The molecule has 0 saturated carbocycles. The summed E-state index contributed by atoms with van der Waals surface area (Å²) < 4.78 is 5.91. The van der Waals surface area contributed by atoms with Gasteiger partial charge in [-0.25, -0.2) is 4.98 Å². The molecule has 3 heteroatoms. The van der Waals surface area contributed by atoms with Crippen LogP contribution in [-0.2, 0) is 0 Å². The number of benzene rings is 1. The average molecular weight is 254 g/mol. The monoisotopic (exact) mass is 254 g/mol. The Morgan fingerprint density at radius 3 is 2.74 bits per heavy atom. The Morgan fingerprint density at radius 2 is 1.95 bits per heavy atom. The lowest BCUT2D eigenvalue weighted by atomic mass is 9.98. The average Bonchev–Trinajstić information content (AvgIpc) is 2.50. The molecular weight excluding hydrogens is 236 g/mol. The first-order valence-electron chi connectivity index (χ1n) is 6.85. The molecule has 2 aromatic rings. The number of pyridine rings is 1. The van der Waals surface area contributed by atoms with Crippen molar-refractivity contribution >= 4 is 0 Å². The van der Waals surface area contributed by atoms with Crippen LogP contribution in [0.25, 0.3) is 0 Å². The zero-order valence-electron chi connectivity index (χ0n) is 10.9. The van der Waals surface area contributed by atoms with E-state index in [2.05, 4.69) is 16.4 Å². The highest BCUT2D eigenvalue weighted by molar-refractivity contribution is 5.34. The molecule has 0 bridgehead atoms. The molecule has 98 valence electrons. The maximum absolute atomic E-state index is 5.91. The van der Waals surface area contributed by atoms with E-state index in [0.717, 1.165) is 24.3 Å². The van der Waals surface area contributed by atoms with Gasteiger partial charge in [-0.15, -0.1) is 0 Å². The Bertz CT molecular complexity index is 521. The summed E-state index contributed by atoms with van der Waals surface area (Å²) in [6.45, 7) is 1.07. The van der Waals surface area contributed by atoms with Crippen molar-refractivity contribution in [3.05, 3.63) is 54.2 Å². The summed E-state index contributed by atoms with van der Waals surface area (Å²) in [6.07, 6.45) is 5.45. The van der Waals surface area contributed by atoms with E-state index in [4.69, 9.17) is 4.74 Å². The van der Waals surface area contributed by atoms with Crippen molar-refractivity contribution in [2.24, 2.45) is 0 Å². The molecule has 1 aliphatic rings. The third-order valence-electron chi connectivity index (χ3n) is 3.44. The van der Waals surface area contributed by atoms with Crippen molar-refractivity contribution in [2.75, 3.05) is 6.54 Å². The number of nitrogens with one attached hydrogen (secondary N) is 1. The molecule has 0 amide bonds. The number of hydrogen-bond donors (Lipinski definition) is 1. The van der Waals surface area contributed by atoms with Gasteiger partial charge in [0.05, 0.1) is 0 Å². The molecule has 2 heterocycles. The molecule has 1 fully saturated rings. The predicted octanol–water partition coefficient (Wildman–Crippen LogP) is 3.69. The summed E-state index contributed by atoms with van der Waals surface area (Å²) >= 11 is 0. The molecule has 0 unspecified atom stereocenters. The number of aromatic nitrogens is 1. The summed E-state index contributed by atoms with van der Waals surface area (Å²) in [5.74, 6) is 1.55. The van der Waals surface area contributed by atoms with Gasteiger partial charge in [0.25, 0.3) is 0 Å². The molecule has 1 atom stereocenters. The number of rotatable bonds is 3. The second-order valence-electron chi connectivity index (χ2n) is 4.82. The van der Waals surface area contributed by atoms with Crippen LogP contribution in [0.5, 0.6) is 11.6 Å². The largest absolute Gasteiger partial charge is 0.439 e. The topological polar surface area (TPSA) is 34.1 Å². The molecule has 19 heavy (non-hydrogen) atoms. The lowest BCUT2D eigenvalue weighted by Gasteiger charge is -2.24. The number of piperidine rings is 1. The minimum absolute atomic E-state index is 0.362. The standard InChI is InChI=1S/C16H18N2O/c1-2-7-13(8-3-1)19-16-14(9-6-12-18-16)15-10-4-5-11-17-15/h1-3,6-9,12,15,17H,4-5,10-11H2/t15-/m0/s1. The molecule has 3 nitrogen and oxygen atoms in total. The highest BCUT2D eigenvalue weighted by Crippen LogP contribution is 2.31. The van der Waals surface area contributed by atoms with Gasteiger partial charge in [-0.3, -0.25) is 0 Å². The first-order chi connectivity index (χ1) is 9.43. The van der Waals surface area contributed by atoms with Gasteiger partial charge in [0.2, 0.25) is 5.88 Å². The first kappa shape index (κ1) is 12.2. The fourth-order valence-corrected chi connectivity index (χ4v) is 2.47. The van der Waals surface area contributed by atoms with E-state index in [-0.39, 0.29) is 0 Å². The zero-order valence-corrected chi connectivity index (χ0v) is 10.9. The molecule has 1 N–H and O–H groups in total. The van der Waals surface area contributed by atoms with Gasteiger partial charge < -0.3 is 10.1 Å². The summed E-state index contributed by atoms with van der Waals surface area (Å²) in [6, 6.07) is 14.3. The summed E-state index contributed by atoms with van der Waals surface area (Å²) in [5.41, 5.74) is 1.16. The van der Waals surface area contributed by atoms with Crippen LogP contribution in [0.2, 0.25) is 0 Å². The fourth-order valence-electron chi connectivity index (χ4n) is 2.47. The van der Waals surface area contributed by atoms with Gasteiger partial charge in [0.1, 0.15) is 5.75 Å². The van der Waals surface area contributed by atoms with Crippen LogP contribution >= 0.6 is 0 Å². The van der Waals surface area contributed by atoms with Crippen molar-refractivity contribution in [1.29, 1.82) is 0 Å². The number of hydrogen-bond acceptors (Lipinski definition) is 3. The minimum Gasteiger partial charge on any atom is -0.439 e. The first-order valence-corrected chi connectivity index (χ1v) is 6.85. The molecule has 1 aromatic carbocycles. The van der Waals surface area contributed by atoms with Gasteiger partial charge in [-0.05, 0) is 37.6 Å². The normalized spacial score (nSPS) is 19.1. The molecule has 1 aromatic heterocycles. The third-order valence-corrected chi connectivity index (χ3v) is 3.44. The van der Waals surface area contributed by atoms with Crippen molar-refractivity contribution in [2.45, 2.75) is 25.3 Å². The van der Waals surface area contributed by atoms with E-state index in [0.29, 0.717) is 11.9 Å². The molecule has 1 aliphatic heterocycles. The van der Waals surface area contributed by atoms with Crippen LogP contribution in [-0.4, -0.2) is 11.5 Å². The van der Waals surface area contributed by atoms with E-state index >= 15 is 0 Å². The van der Waals surface area contributed by atoms with Crippen molar-refractivity contribution < 1.29 is 4.74 Å². The second-order valence-corrected chi connectivity index (χ2v) is 4.82. The zero-order chi connectivity index (χ0) is 12.9. The Morgan fingerprint density at radius 1 is 1.05 bits per heavy atom. The molecule has 0 aliphatic carbocycles. The van der Waals surface area contributed by atoms with Crippen LogP contribution in [0.4, 0.5) is 0 Å². The van der Waals surface area contributed by atoms with Crippen LogP contribution in [0, 0.1) is 0 Å². The van der Waals surface area contributed by atoms with E-state index < -0.39 is 0 Å². The lowest BCUT2D eigenvalue weighted by molar-refractivity contribution is 0.388. The third kappa shape index (κ3) is 2.93. The minimum atomic E-state index is 0.362. The van der Waals surface area contributed by atoms with Crippen LogP contribution in [0.15, 0.2) is 48.7 Å². The lowest BCUT2D eigenvalue weighted by Crippen LogP contribution is -2.27. The second kappa shape index (κ2) is 5.85. The Hall–Kier alpha value is -1.87. The van der Waals surface area contributed by atoms with Gasteiger partial charge >= 0.3 is 0 Å². The Kier molecular flexibility index (Phi) is 3.75. The number of ether oxygens (including phenoxy) is 1. The van der Waals surface area contributed by atoms with Crippen molar-refractivity contribution in [3.8, 4) is 11.6 Å². The maximum atomic E-state index is 5.91. The van der Waals surface area contributed by atoms with E-state index in [1.807, 2.05) is 36.4 Å². The van der Waals surface area contributed by atoms with Crippen LogP contribution < -0.4 is 10.1 Å². The van der Waals surface area contributed by atoms with E-state index in [1.165, 1.54) is 12.8 Å². The Labute approximate surface area is 113 Å². The van der Waals surface area contributed by atoms with Crippen LogP contribution in [0.1, 0.15) is 30.9 Å². The number of para-hydroxylation sites is 1. The molecule has 3 rings (SSSR count).